The molecule has 4 nitrogen and oxygen atoms in total. The van der Waals surface area contributed by atoms with Gasteiger partial charge in [0.25, 0.3) is 0 Å². The zero-order chi connectivity index (χ0) is 18.6. The maximum Gasteiger partial charge on any atom is 0.248 e. The van der Waals surface area contributed by atoms with Crippen molar-refractivity contribution in [2.45, 2.75) is 44.1 Å². The zero-order valence-electron chi connectivity index (χ0n) is 14.6. The molecule has 1 fully saturated rings. The number of amides is 2. The summed E-state index contributed by atoms with van der Waals surface area (Å²) in [5.41, 5.74) is 7.07. The molecule has 0 aliphatic heterocycles. The lowest BCUT2D eigenvalue weighted by atomic mass is 9.68. The number of nitrogens with two attached hydrogens (primary N) is 1. The molecule has 0 atom stereocenters. The van der Waals surface area contributed by atoms with Crippen molar-refractivity contribution >= 4 is 23.4 Å². The molecule has 0 bridgehead atoms. The van der Waals surface area contributed by atoms with Crippen molar-refractivity contribution in [2.75, 3.05) is 0 Å². The van der Waals surface area contributed by atoms with E-state index in [1.54, 1.807) is 18.2 Å². The van der Waals surface area contributed by atoms with Gasteiger partial charge in [-0.15, -0.1) is 0 Å². The Labute approximate surface area is 158 Å². The summed E-state index contributed by atoms with van der Waals surface area (Å²) in [4.78, 5) is 24.5. The van der Waals surface area contributed by atoms with Gasteiger partial charge in [-0.05, 0) is 48.2 Å². The highest BCUT2D eigenvalue weighted by Gasteiger charge is 2.41. The zero-order valence-corrected chi connectivity index (χ0v) is 15.4. The molecule has 1 saturated carbocycles. The fourth-order valence-electron chi connectivity index (χ4n) is 3.77. The van der Waals surface area contributed by atoms with E-state index in [1.165, 1.54) is 0 Å². The van der Waals surface area contributed by atoms with Crippen LogP contribution >= 0.6 is 11.6 Å². The molecular weight excluding hydrogens is 348 g/mol. The van der Waals surface area contributed by atoms with Crippen LogP contribution in [0.4, 0.5) is 0 Å². The van der Waals surface area contributed by atoms with Crippen LogP contribution < -0.4 is 11.1 Å². The Balaban J connectivity index is 1.80. The van der Waals surface area contributed by atoms with Gasteiger partial charge in [0.1, 0.15) is 0 Å². The van der Waals surface area contributed by atoms with Gasteiger partial charge in [-0.3, -0.25) is 9.59 Å². The fourth-order valence-corrected chi connectivity index (χ4v) is 3.96. The monoisotopic (exact) mass is 370 g/mol. The molecule has 0 saturated heterocycles. The number of rotatable bonds is 5. The lowest BCUT2D eigenvalue weighted by molar-refractivity contribution is -0.128. The van der Waals surface area contributed by atoms with Crippen LogP contribution in [0.2, 0.25) is 5.02 Å². The Hall–Kier alpha value is -2.33. The van der Waals surface area contributed by atoms with Crippen molar-refractivity contribution in [1.82, 2.24) is 5.32 Å². The number of benzene rings is 2. The van der Waals surface area contributed by atoms with Gasteiger partial charge in [0.2, 0.25) is 11.8 Å². The number of carbonyl (C=O) groups excluding carboxylic acids is 2. The average Bonchev–Trinajstić information content (AvgIpc) is 2.67. The number of nitrogens with one attached hydrogen (secondary N) is 1. The van der Waals surface area contributed by atoms with E-state index in [1.807, 2.05) is 30.3 Å². The van der Waals surface area contributed by atoms with Crippen LogP contribution in [-0.4, -0.2) is 11.8 Å². The summed E-state index contributed by atoms with van der Waals surface area (Å²) in [5.74, 6) is -0.454. The molecule has 5 heteroatoms. The van der Waals surface area contributed by atoms with Crippen LogP contribution in [0.5, 0.6) is 0 Å². The quantitative estimate of drug-likeness (QED) is 0.836. The fraction of sp³-hybridized carbons (Fsp3) is 0.333. The van der Waals surface area contributed by atoms with E-state index in [4.69, 9.17) is 17.3 Å². The molecule has 1 aliphatic carbocycles. The molecule has 0 heterocycles. The third-order valence-corrected chi connectivity index (χ3v) is 5.42. The second kappa shape index (κ2) is 7.92. The molecule has 0 aromatic heterocycles. The number of halogens is 1. The van der Waals surface area contributed by atoms with Gasteiger partial charge in [0, 0.05) is 17.1 Å². The molecule has 0 unspecified atom stereocenters. The minimum Gasteiger partial charge on any atom is -0.366 e. The standard InChI is InChI=1S/C21H23ClN2O2/c22-18-9-5-8-17(13-18)21(10-2-1-3-11-21)20(26)24-14-15-6-4-7-16(12-15)19(23)25/h4-9,12-13H,1-3,10-11,14H2,(H2,23,25)(H,24,26). The maximum atomic E-state index is 13.2. The SMILES string of the molecule is NC(=O)c1cccc(CNC(=O)C2(c3cccc(Cl)c3)CCCCC2)c1. The van der Waals surface area contributed by atoms with Gasteiger partial charge in [0.15, 0.2) is 0 Å². The van der Waals surface area contributed by atoms with Gasteiger partial charge in [-0.2, -0.15) is 0 Å². The van der Waals surface area contributed by atoms with Gasteiger partial charge < -0.3 is 11.1 Å². The lowest BCUT2D eigenvalue weighted by Gasteiger charge is -2.36. The summed E-state index contributed by atoms with van der Waals surface area (Å²) in [6.07, 6.45) is 4.84. The summed E-state index contributed by atoms with van der Waals surface area (Å²) >= 11 is 6.18. The Morgan fingerprint density at radius 3 is 2.46 bits per heavy atom. The van der Waals surface area contributed by atoms with Crippen LogP contribution in [0.3, 0.4) is 0 Å². The Kier molecular flexibility index (Phi) is 5.62. The molecule has 3 rings (SSSR count). The number of hydrogen-bond acceptors (Lipinski definition) is 2. The van der Waals surface area contributed by atoms with E-state index in [0.717, 1.165) is 43.2 Å². The summed E-state index contributed by atoms with van der Waals surface area (Å²) in [5, 5.41) is 3.71. The Bertz CT molecular complexity index is 813. The van der Waals surface area contributed by atoms with E-state index in [-0.39, 0.29) is 5.91 Å². The van der Waals surface area contributed by atoms with Crippen molar-refractivity contribution in [2.24, 2.45) is 5.73 Å². The molecule has 2 aromatic rings. The third kappa shape index (κ3) is 3.91. The number of hydrogen-bond donors (Lipinski definition) is 2. The van der Waals surface area contributed by atoms with Crippen LogP contribution in [-0.2, 0) is 16.8 Å². The Morgan fingerprint density at radius 1 is 1.04 bits per heavy atom. The molecule has 136 valence electrons. The van der Waals surface area contributed by atoms with Crippen molar-refractivity contribution in [3.63, 3.8) is 0 Å². The Morgan fingerprint density at radius 2 is 1.77 bits per heavy atom. The number of primary amides is 1. The van der Waals surface area contributed by atoms with Gasteiger partial charge >= 0.3 is 0 Å². The van der Waals surface area contributed by atoms with E-state index in [0.29, 0.717) is 17.1 Å². The van der Waals surface area contributed by atoms with Crippen molar-refractivity contribution in [3.05, 3.63) is 70.2 Å². The second-order valence-corrected chi connectivity index (χ2v) is 7.34. The van der Waals surface area contributed by atoms with Crippen molar-refractivity contribution in [3.8, 4) is 0 Å². The van der Waals surface area contributed by atoms with Gasteiger partial charge in [0.05, 0.1) is 5.41 Å². The lowest BCUT2D eigenvalue weighted by Crippen LogP contribution is -2.45. The predicted molar refractivity (Wildman–Crippen MR) is 103 cm³/mol. The molecule has 3 N–H and O–H groups in total. The van der Waals surface area contributed by atoms with Crippen molar-refractivity contribution < 1.29 is 9.59 Å². The molecule has 2 amide bonds. The molecule has 2 aromatic carbocycles. The molecular formula is C21H23ClN2O2. The van der Waals surface area contributed by atoms with Gasteiger partial charge in [-0.1, -0.05) is 55.1 Å². The van der Waals surface area contributed by atoms with E-state index < -0.39 is 11.3 Å². The van der Waals surface area contributed by atoms with Crippen LogP contribution in [0, 0.1) is 0 Å². The average molecular weight is 371 g/mol. The summed E-state index contributed by atoms with van der Waals surface area (Å²) in [6, 6.07) is 14.7. The molecule has 0 spiro atoms. The largest absolute Gasteiger partial charge is 0.366 e. The van der Waals surface area contributed by atoms with Crippen LogP contribution in [0.15, 0.2) is 48.5 Å². The third-order valence-electron chi connectivity index (χ3n) is 5.18. The summed E-state index contributed by atoms with van der Waals surface area (Å²) in [7, 11) is 0. The highest BCUT2D eigenvalue weighted by Crippen LogP contribution is 2.40. The molecule has 1 aliphatic rings. The molecule has 26 heavy (non-hydrogen) atoms. The second-order valence-electron chi connectivity index (χ2n) is 6.90. The predicted octanol–water partition coefficient (Wildman–Crippen LogP) is 3.96. The maximum absolute atomic E-state index is 13.2. The first kappa shape index (κ1) is 18.5. The minimum absolute atomic E-state index is 0.0175. The number of carbonyl (C=O) groups is 2. The normalized spacial score (nSPS) is 16.0. The topological polar surface area (TPSA) is 72.2 Å². The summed E-state index contributed by atoms with van der Waals surface area (Å²) in [6.45, 7) is 0.363. The van der Waals surface area contributed by atoms with E-state index >= 15 is 0 Å². The van der Waals surface area contributed by atoms with E-state index in [9.17, 15) is 9.59 Å². The van der Waals surface area contributed by atoms with Crippen molar-refractivity contribution in [1.29, 1.82) is 0 Å². The first-order valence-electron chi connectivity index (χ1n) is 8.94. The highest BCUT2D eigenvalue weighted by atomic mass is 35.5. The van der Waals surface area contributed by atoms with Crippen LogP contribution in [0.25, 0.3) is 0 Å². The highest BCUT2D eigenvalue weighted by molar-refractivity contribution is 6.30. The minimum atomic E-state index is -0.537. The van der Waals surface area contributed by atoms with Gasteiger partial charge in [-0.25, -0.2) is 0 Å². The smallest absolute Gasteiger partial charge is 0.248 e. The first-order valence-corrected chi connectivity index (χ1v) is 9.32. The van der Waals surface area contributed by atoms with Crippen LogP contribution in [0.1, 0.15) is 53.6 Å². The molecule has 0 radical (unpaired) electrons. The van der Waals surface area contributed by atoms with E-state index in [2.05, 4.69) is 5.32 Å². The first-order chi connectivity index (χ1) is 12.5. The summed E-state index contributed by atoms with van der Waals surface area (Å²) < 4.78 is 0.